The topological polar surface area (TPSA) is 92.8 Å². The zero-order valence-corrected chi connectivity index (χ0v) is 16.0. The van der Waals surface area contributed by atoms with E-state index < -0.39 is 18.5 Å². The minimum absolute atomic E-state index is 0.0156. The molecule has 1 aliphatic heterocycles. The summed E-state index contributed by atoms with van der Waals surface area (Å²) in [6.07, 6.45) is 2.90. The van der Waals surface area contributed by atoms with E-state index in [1.54, 1.807) is 24.3 Å². The first-order valence-electron chi connectivity index (χ1n) is 9.50. The number of imide groups is 1. The van der Waals surface area contributed by atoms with Crippen LogP contribution in [0.15, 0.2) is 24.3 Å². The van der Waals surface area contributed by atoms with E-state index in [1.807, 2.05) is 0 Å². The number of hydrogen-bond donors (Lipinski definition) is 1. The second-order valence-corrected chi connectivity index (χ2v) is 8.12. The molecule has 2 bridgehead atoms. The Balaban J connectivity index is 1.22. The summed E-state index contributed by atoms with van der Waals surface area (Å²) in [7, 11) is 0. The molecular formula is C20H21ClN2O5. The molecule has 1 aromatic rings. The molecule has 2 saturated carbocycles. The van der Waals surface area contributed by atoms with Crippen molar-refractivity contribution in [1.29, 1.82) is 0 Å². The van der Waals surface area contributed by atoms with Gasteiger partial charge < -0.3 is 10.1 Å². The monoisotopic (exact) mass is 404 g/mol. The first-order valence-corrected chi connectivity index (χ1v) is 9.88. The van der Waals surface area contributed by atoms with Gasteiger partial charge in [0.2, 0.25) is 11.8 Å². The Morgan fingerprint density at radius 1 is 1.07 bits per heavy atom. The molecule has 28 heavy (non-hydrogen) atoms. The lowest BCUT2D eigenvalue weighted by molar-refractivity contribution is -0.149. The van der Waals surface area contributed by atoms with E-state index in [9.17, 15) is 19.2 Å². The smallest absolute Gasteiger partial charge is 0.308 e. The Hall–Kier alpha value is -2.41. The first kappa shape index (κ1) is 18.9. The molecule has 0 aromatic heterocycles. The molecule has 4 atom stereocenters. The number of esters is 1. The molecule has 0 radical (unpaired) electrons. The van der Waals surface area contributed by atoms with Crippen LogP contribution in [0.1, 0.15) is 25.7 Å². The number of likely N-dealkylation sites (tertiary alicyclic amines) is 1. The average Bonchev–Trinajstić information content (AvgIpc) is 3.35. The minimum Gasteiger partial charge on any atom is -0.456 e. The van der Waals surface area contributed by atoms with E-state index in [2.05, 4.69) is 5.32 Å². The van der Waals surface area contributed by atoms with Crippen molar-refractivity contribution in [3.63, 3.8) is 0 Å². The Morgan fingerprint density at radius 2 is 1.68 bits per heavy atom. The number of halogens is 1. The second kappa shape index (κ2) is 7.54. The molecule has 0 spiro atoms. The van der Waals surface area contributed by atoms with Gasteiger partial charge in [-0.2, -0.15) is 0 Å². The van der Waals surface area contributed by atoms with Gasteiger partial charge in [0.1, 0.15) is 0 Å². The van der Waals surface area contributed by atoms with E-state index in [-0.39, 0.29) is 36.6 Å². The second-order valence-electron chi connectivity index (χ2n) is 7.68. The number of rotatable bonds is 6. The maximum absolute atomic E-state index is 12.6. The third-order valence-corrected chi connectivity index (χ3v) is 6.30. The van der Waals surface area contributed by atoms with E-state index in [0.717, 1.165) is 19.3 Å². The highest BCUT2D eigenvalue weighted by Crippen LogP contribution is 2.56. The average molecular weight is 405 g/mol. The van der Waals surface area contributed by atoms with Crippen molar-refractivity contribution >= 4 is 41.0 Å². The van der Waals surface area contributed by atoms with E-state index in [4.69, 9.17) is 16.3 Å². The van der Waals surface area contributed by atoms with Crippen LogP contribution in [-0.4, -0.2) is 41.7 Å². The Bertz CT molecular complexity index is 796. The lowest BCUT2D eigenvalue weighted by Crippen LogP contribution is -2.35. The number of nitrogens with one attached hydrogen (secondary N) is 1. The van der Waals surface area contributed by atoms with Gasteiger partial charge >= 0.3 is 5.97 Å². The molecule has 8 heteroatoms. The molecule has 148 valence electrons. The normalized spacial score (nSPS) is 27.8. The summed E-state index contributed by atoms with van der Waals surface area (Å²) in [6.45, 7) is -0.416. The van der Waals surface area contributed by atoms with Crippen molar-refractivity contribution in [1.82, 2.24) is 4.90 Å². The van der Waals surface area contributed by atoms with Gasteiger partial charge in [0, 0.05) is 17.3 Å². The number of amides is 3. The predicted molar refractivity (Wildman–Crippen MR) is 100 cm³/mol. The van der Waals surface area contributed by atoms with E-state index in [1.165, 1.54) is 4.90 Å². The summed E-state index contributed by atoms with van der Waals surface area (Å²) in [5, 5.41) is 3.13. The van der Waals surface area contributed by atoms with Crippen molar-refractivity contribution in [2.45, 2.75) is 25.7 Å². The molecule has 1 aromatic carbocycles. The van der Waals surface area contributed by atoms with Crippen molar-refractivity contribution in [3.05, 3.63) is 29.3 Å². The zero-order valence-electron chi connectivity index (χ0n) is 15.2. The number of carbonyl (C=O) groups is 4. The van der Waals surface area contributed by atoms with Crippen molar-refractivity contribution in [3.8, 4) is 0 Å². The van der Waals surface area contributed by atoms with Crippen LogP contribution in [0.5, 0.6) is 0 Å². The number of benzene rings is 1. The molecule has 4 rings (SSSR count). The highest BCUT2D eigenvalue weighted by Gasteiger charge is 2.60. The van der Waals surface area contributed by atoms with Crippen molar-refractivity contribution in [2.75, 3.05) is 18.5 Å². The fraction of sp³-hybridized carbons (Fsp3) is 0.500. The van der Waals surface area contributed by atoms with Gasteiger partial charge in [-0.25, -0.2) is 0 Å². The van der Waals surface area contributed by atoms with Gasteiger partial charge in [-0.05, 0) is 55.4 Å². The number of ether oxygens (including phenoxy) is 1. The molecule has 4 unspecified atom stereocenters. The number of hydrogen-bond acceptors (Lipinski definition) is 5. The van der Waals surface area contributed by atoms with Crippen LogP contribution >= 0.6 is 11.6 Å². The van der Waals surface area contributed by atoms with Gasteiger partial charge in [-0.15, -0.1) is 0 Å². The van der Waals surface area contributed by atoms with Crippen LogP contribution in [0.25, 0.3) is 0 Å². The van der Waals surface area contributed by atoms with Crippen LogP contribution in [0.2, 0.25) is 5.02 Å². The molecule has 1 N–H and O–H groups in total. The molecule has 1 saturated heterocycles. The molecule has 3 fully saturated rings. The highest BCUT2D eigenvalue weighted by atomic mass is 35.5. The minimum atomic E-state index is -0.619. The molecule has 1 heterocycles. The third kappa shape index (κ3) is 3.51. The molecule has 7 nitrogen and oxygen atoms in total. The van der Waals surface area contributed by atoms with Crippen molar-refractivity contribution < 1.29 is 23.9 Å². The number of fused-ring (bicyclic) bond motifs is 5. The third-order valence-electron chi connectivity index (χ3n) is 6.05. The fourth-order valence-corrected chi connectivity index (χ4v) is 4.97. The lowest BCUT2D eigenvalue weighted by atomic mass is 9.81. The molecule has 2 aliphatic carbocycles. The summed E-state index contributed by atoms with van der Waals surface area (Å²) in [5.41, 5.74) is 0.542. The van der Waals surface area contributed by atoms with Gasteiger partial charge in [0.05, 0.1) is 18.3 Å². The predicted octanol–water partition coefficient (Wildman–Crippen LogP) is 2.24. The summed E-state index contributed by atoms with van der Waals surface area (Å²) in [5.74, 6) is -1.12. The van der Waals surface area contributed by atoms with Gasteiger partial charge in [0.15, 0.2) is 6.61 Å². The van der Waals surface area contributed by atoms with Crippen LogP contribution < -0.4 is 5.32 Å². The maximum atomic E-state index is 12.6. The maximum Gasteiger partial charge on any atom is 0.308 e. The SMILES string of the molecule is O=C(COC(=O)CCN1C(=O)C2C3CCC(C3)C2C1=O)Nc1ccc(Cl)cc1. The van der Waals surface area contributed by atoms with Gasteiger partial charge in [0.25, 0.3) is 5.91 Å². The lowest BCUT2D eigenvalue weighted by Gasteiger charge is -2.19. The zero-order chi connectivity index (χ0) is 19.8. The van der Waals surface area contributed by atoms with Crippen molar-refractivity contribution in [2.24, 2.45) is 23.7 Å². The molecule has 3 aliphatic rings. The summed E-state index contributed by atoms with van der Waals surface area (Å²) in [6, 6.07) is 6.54. The quantitative estimate of drug-likeness (QED) is 0.579. The summed E-state index contributed by atoms with van der Waals surface area (Å²) >= 11 is 5.78. The number of nitrogens with zero attached hydrogens (tertiary/aromatic N) is 1. The molecular weight excluding hydrogens is 384 g/mol. The summed E-state index contributed by atoms with van der Waals surface area (Å²) < 4.78 is 4.95. The number of carbonyl (C=O) groups excluding carboxylic acids is 4. The Morgan fingerprint density at radius 3 is 2.29 bits per heavy atom. The highest BCUT2D eigenvalue weighted by molar-refractivity contribution is 6.30. The number of anilines is 1. The standard InChI is InChI=1S/C20H21ClN2O5/c21-13-3-5-14(6-4-13)22-15(24)10-28-16(25)7-8-23-19(26)17-11-1-2-12(9-11)18(17)20(23)27/h3-6,11-12,17-18H,1-2,7-10H2,(H,22,24). The Labute approximate surface area is 167 Å². The molecule has 3 amide bonds. The van der Waals surface area contributed by atoms with Crippen LogP contribution in [-0.2, 0) is 23.9 Å². The van der Waals surface area contributed by atoms with E-state index >= 15 is 0 Å². The first-order chi connectivity index (χ1) is 13.4. The van der Waals surface area contributed by atoms with Crippen LogP contribution in [0.4, 0.5) is 5.69 Å². The van der Waals surface area contributed by atoms with Gasteiger partial charge in [-0.1, -0.05) is 11.6 Å². The largest absolute Gasteiger partial charge is 0.456 e. The van der Waals surface area contributed by atoms with Gasteiger partial charge in [-0.3, -0.25) is 24.1 Å². The Kier molecular flexibility index (Phi) is 5.10. The fourth-order valence-electron chi connectivity index (χ4n) is 4.84. The van der Waals surface area contributed by atoms with Crippen LogP contribution in [0, 0.1) is 23.7 Å². The van der Waals surface area contributed by atoms with Crippen LogP contribution in [0.3, 0.4) is 0 Å². The summed E-state index contributed by atoms with van der Waals surface area (Å²) in [4.78, 5) is 50.1. The van der Waals surface area contributed by atoms with E-state index in [0.29, 0.717) is 22.5 Å².